The summed E-state index contributed by atoms with van der Waals surface area (Å²) in [7, 11) is 1.50. The molecule has 10 heteroatoms. The number of carbonyl (C=O) groups is 1. The molecule has 1 atom stereocenters. The molecule has 31 heavy (non-hydrogen) atoms. The minimum Gasteiger partial charge on any atom is -0.474 e. The molecule has 168 valence electrons. The number of carbonyl (C=O) groups excluding carboxylic acids is 1. The van der Waals surface area contributed by atoms with E-state index in [2.05, 4.69) is 15.3 Å². The van der Waals surface area contributed by atoms with Crippen LogP contribution in [0.25, 0.3) is 11.3 Å². The minimum absolute atomic E-state index is 0.0411. The van der Waals surface area contributed by atoms with Gasteiger partial charge < -0.3 is 19.9 Å². The first-order valence-electron chi connectivity index (χ1n) is 9.79. The number of rotatable bonds is 9. The van der Waals surface area contributed by atoms with Crippen molar-refractivity contribution >= 4 is 5.91 Å². The first-order chi connectivity index (χ1) is 14.6. The molecule has 1 aliphatic rings. The quantitative estimate of drug-likeness (QED) is 0.584. The van der Waals surface area contributed by atoms with Crippen molar-refractivity contribution in [1.29, 1.82) is 0 Å². The number of ether oxygens (including phenoxy) is 2. The molecular formula is C21H24F3N3O4. The van der Waals surface area contributed by atoms with Gasteiger partial charge in [0.25, 0.3) is 5.91 Å². The van der Waals surface area contributed by atoms with Crippen molar-refractivity contribution in [2.75, 3.05) is 26.9 Å². The van der Waals surface area contributed by atoms with Gasteiger partial charge in [0, 0.05) is 19.2 Å². The zero-order valence-electron chi connectivity index (χ0n) is 17.2. The number of alkyl halides is 3. The van der Waals surface area contributed by atoms with E-state index in [-0.39, 0.29) is 42.9 Å². The molecule has 1 unspecified atom stereocenters. The molecule has 0 spiro atoms. The second-order valence-electron chi connectivity index (χ2n) is 7.64. The highest BCUT2D eigenvalue weighted by atomic mass is 19.4. The Morgan fingerprint density at radius 3 is 2.48 bits per heavy atom. The first-order valence-corrected chi connectivity index (χ1v) is 9.79. The summed E-state index contributed by atoms with van der Waals surface area (Å²) in [5.74, 6) is -0.332. The summed E-state index contributed by atoms with van der Waals surface area (Å²) >= 11 is 0. The standard InChI is InChI=1S/C21H24F3N3O4/c1-20(29,14-7-8-14)12-26-18(28)16-11-25-19(31-10-9-30-2)17(27-16)13-3-5-15(6-4-13)21(22,23)24/h3-6,11,14,29H,7-10,12H2,1-2H3,(H,26,28). The van der Waals surface area contributed by atoms with Crippen LogP contribution in [-0.4, -0.2) is 53.5 Å². The van der Waals surface area contributed by atoms with E-state index in [4.69, 9.17) is 9.47 Å². The van der Waals surface area contributed by atoms with Gasteiger partial charge in [0.1, 0.15) is 18.0 Å². The molecule has 1 aliphatic carbocycles. The number of amides is 1. The molecule has 2 N–H and O–H groups in total. The minimum atomic E-state index is -4.47. The predicted octanol–water partition coefficient (Wildman–Crippen LogP) is 3.08. The third kappa shape index (κ3) is 5.92. The van der Waals surface area contributed by atoms with E-state index in [0.717, 1.165) is 25.0 Å². The molecule has 0 aliphatic heterocycles. The van der Waals surface area contributed by atoms with Gasteiger partial charge in [-0.3, -0.25) is 4.79 Å². The predicted molar refractivity (Wildman–Crippen MR) is 106 cm³/mol. The molecule has 0 radical (unpaired) electrons. The smallest absolute Gasteiger partial charge is 0.416 e. The fraction of sp³-hybridized carbons (Fsp3) is 0.476. The van der Waals surface area contributed by atoms with Gasteiger partial charge >= 0.3 is 6.18 Å². The van der Waals surface area contributed by atoms with Crippen LogP contribution in [0, 0.1) is 5.92 Å². The monoisotopic (exact) mass is 439 g/mol. The summed E-state index contributed by atoms with van der Waals surface area (Å²) in [6.07, 6.45) is -1.43. The van der Waals surface area contributed by atoms with Crippen LogP contribution in [0.5, 0.6) is 5.88 Å². The average Bonchev–Trinajstić information content (AvgIpc) is 3.58. The molecule has 2 aromatic rings. The Morgan fingerprint density at radius 2 is 1.90 bits per heavy atom. The van der Waals surface area contributed by atoms with Crippen molar-refractivity contribution in [2.24, 2.45) is 5.92 Å². The summed E-state index contributed by atoms with van der Waals surface area (Å²) in [5, 5.41) is 13.0. The van der Waals surface area contributed by atoms with E-state index in [1.54, 1.807) is 6.92 Å². The maximum absolute atomic E-state index is 12.9. The number of nitrogens with zero attached hydrogens (tertiary/aromatic N) is 2. The van der Waals surface area contributed by atoms with Crippen LogP contribution in [0.2, 0.25) is 0 Å². The Labute approximate surface area is 177 Å². The highest BCUT2D eigenvalue weighted by Crippen LogP contribution is 2.39. The van der Waals surface area contributed by atoms with Crippen LogP contribution >= 0.6 is 0 Å². The van der Waals surface area contributed by atoms with Gasteiger partial charge in [-0.15, -0.1) is 0 Å². The highest BCUT2D eigenvalue weighted by Gasteiger charge is 2.40. The number of halogens is 3. The molecule has 1 aromatic heterocycles. The SMILES string of the molecule is COCCOc1ncc(C(=O)NCC(C)(O)C2CC2)nc1-c1ccc(C(F)(F)F)cc1. The van der Waals surface area contributed by atoms with Crippen molar-refractivity contribution in [1.82, 2.24) is 15.3 Å². The Hall–Kier alpha value is -2.72. The van der Waals surface area contributed by atoms with Crippen molar-refractivity contribution in [2.45, 2.75) is 31.5 Å². The van der Waals surface area contributed by atoms with Gasteiger partial charge in [-0.1, -0.05) is 12.1 Å². The Kier molecular flexibility index (Phi) is 6.80. The van der Waals surface area contributed by atoms with Gasteiger partial charge in [-0.2, -0.15) is 13.2 Å². The van der Waals surface area contributed by atoms with Crippen molar-refractivity contribution in [3.63, 3.8) is 0 Å². The summed E-state index contributed by atoms with van der Waals surface area (Å²) in [4.78, 5) is 20.9. The zero-order chi connectivity index (χ0) is 22.6. The lowest BCUT2D eigenvalue weighted by Crippen LogP contribution is -2.42. The van der Waals surface area contributed by atoms with Crippen LogP contribution in [-0.2, 0) is 10.9 Å². The molecule has 1 heterocycles. The van der Waals surface area contributed by atoms with Gasteiger partial charge in [-0.25, -0.2) is 9.97 Å². The second kappa shape index (κ2) is 9.19. The molecule has 7 nitrogen and oxygen atoms in total. The number of aliphatic hydroxyl groups is 1. The summed E-state index contributed by atoms with van der Waals surface area (Å²) in [5.41, 5.74) is -1.41. The van der Waals surface area contributed by atoms with Crippen molar-refractivity contribution in [3.05, 3.63) is 41.7 Å². The normalized spacial score (nSPS) is 15.9. The van der Waals surface area contributed by atoms with Crippen LogP contribution in [0.1, 0.15) is 35.8 Å². The van der Waals surface area contributed by atoms with Gasteiger partial charge in [0.15, 0.2) is 0 Å². The van der Waals surface area contributed by atoms with Crippen LogP contribution in [0.3, 0.4) is 0 Å². The lowest BCUT2D eigenvalue weighted by atomic mass is 10.0. The molecule has 1 aromatic carbocycles. The van der Waals surface area contributed by atoms with E-state index in [1.807, 2.05) is 0 Å². The van der Waals surface area contributed by atoms with Gasteiger partial charge in [-0.05, 0) is 37.8 Å². The maximum atomic E-state index is 12.9. The molecular weight excluding hydrogens is 415 g/mol. The fourth-order valence-electron chi connectivity index (χ4n) is 3.02. The summed E-state index contributed by atoms with van der Waals surface area (Å²) in [6.45, 7) is 2.14. The molecule has 0 saturated heterocycles. The molecule has 1 saturated carbocycles. The lowest BCUT2D eigenvalue weighted by molar-refractivity contribution is -0.137. The van der Waals surface area contributed by atoms with Crippen molar-refractivity contribution < 1.29 is 32.5 Å². The first kappa shape index (κ1) is 23.0. The number of methoxy groups -OCH3 is 1. The summed E-state index contributed by atoms with van der Waals surface area (Å²) < 4.78 is 49.1. The Bertz CT molecular complexity index is 913. The lowest BCUT2D eigenvalue weighted by Gasteiger charge is -2.23. The fourth-order valence-corrected chi connectivity index (χ4v) is 3.02. The van der Waals surface area contributed by atoms with Crippen LogP contribution in [0.15, 0.2) is 30.5 Å². The van der Waals surface area contributed by atoms with Crippen molar-refractivity contribution in [3.8, 4) is 17.1 Å². The van der Waals surface area contributed by atoms with E-state index >= 15 is 0 Å². The third-order valence-electron chi connectivity index (χ3n) is 5.05. The second-order valence-corrected chi connectivity index (χ2v) is 7.64. The maximum Gasteiger partial charge on any atom is 0.416 e. The Balaban J connectivity index is 1.84. The number of aromatic nitrogens is 2. The van der Waals surface area contributed by atoms with Gasteiger partial charge in [0.05, 0.1) is 24.0 Å². The highest BCUT2D eigenvalue weighted by molar-refractivity contribution is 5.92. The molecule has 1 amide bonds. The third-order valence-corrected chi connectivity index (χ3v) is 5.05. The van der Waals surface area contributed by atoms with E-state index in [1.165, 1.54) is 25.4 Å². The Morgan fingerprint density at radius 1 is 1.23 bits per heavy atom. The number of hydrogen-bond acceptors (Lipinski definition) is 6. The molecule has 3 rings (SSSR count). The number of hydrogen-bond donors (Lipinski definition) is 2. The van der Waals surface area contributed by atoms with Crippen LogP contribution in [0.4, 0.5) is 13.2 Å². The number of benzene rings is 1. The zero-order valence-corrected chi connectivity index (χ0v) is 17.2. The van der Waals surface area contributed by atoms with Crippen LogP contribution < -0.4 is 10.1 Å². The summed E-state index contributed by atoms with van der Waals surface area (Å²) in [6, 6.07) is 4.34. The van der Waals surface area contributed by atoms with E-state index < -0.39 is 23.2 Å². The van der Waals surface area contributed by atoms with Gasteiger partial charge in [0.2, 0.25) is 5.88 Å². The largest absolute Gasteiger partial charge is 0.474 e. The average molecular weight is 439 g/mol. The number of nitrogens with one attached hydrogen (secondary N) is 1. The van der Waals surface area contributed by atoms with E-state index in [9.17, 15) is 23.1 Å². The van der Waals surface area contributed by atoms with E-state index in [0.29, 0.717) is 5.56 Å². The molecule has 0 bridgehead atoms. The topological polar surface area (TPSA) is 93.6 Å². The molecule has 1 fully saturated rings.